The lowest BCUT2D eigenvalue weighted by atomic mass is 10.00. The molecule has 0 aliphatic heterocycles. The fourth-order valence-corrected chi connectivity index (χ4v) is 1.88. The topological polar surface area (TPSA) is 60.8 Å². The van der Waals surface area contributed by atoms with Crippen LogP contribution in [0.15, 0.2) is 42.5 Å². The van der Waals surface area contributed by atoms with Gasteiger partial charge in [-0.25, -0.2) is 0 Å². The van der Waals surface area contributed by atoms with E-state index in [1.54, 1.807) is 50.5 Å². The lowest BCUT2D eigenvalue weighted by Crippen LogP contribution is -2.21. The highest BCUT2D eigenvalue weighted by Gasteiger charge is 2.17. The standard InChI is InChI=1S/C15H15NO3/c1-16(2)15(19)12-8-5-7-11(14(12)18)10-6-3-4-9-13(10)17/h3-9,17-18H,1-2H3. The van der Waals surface area contributed by atoms with E-state index in [4.69, 9.17) is 0 Å². The number of nitrogens with zero attached hydrogens (tertiary/aromatic N) is 1. The van der Waals surface area contributed by atoms with Crippen molar-refractivity contribution in [1.29, 1.82) is 0 Å². The highest BCUT2D eigenvalue weighted by Crippen LogP contribution is 2.37. The quantitative estimate of drug-likeness (QED) is 0.868. The molecule has 2 aromatic rings. The van der Waals surface area contributed by atoms with Crippen LogP contribution in [0.4, 0.5) is 0 Å². The fourth-order valence-electron chi connectivity index (χ4n) is 1.88. The summed E-state index contributed by atoms with van der Waals surface area (Å²) in [4.78, 5) is 13.3. The Hall–Kier alpha value is -2.49. The van der Waals surface area contributed by atoms with Crippen LogP contribution >= 0.6 is 0 Å². The molecule has 0 spiro atoms. The average Bonchev–Trinajstić information content (AvgIpc) is 2.39. The molecule has 0 radical (unpaired) electrons. The summed E-state index contributed by atoms with van der Waals surface area (Å²) in [5, 5.41) is 20.0. The zero-order chi connectivity index (χ0) is 14.0. The Bertz CT molecular complexity index is 621. The molecule has 4 nitrogen and oxygen atoms in total. The Morgan fingerprint density at radius 1 is 0.947 bits per heavy atom. The first-order chi connectivity index (χ1) is 9.02. The Morgan fingerprint density at radius 3 is 2.21 bits per heavy atom. The molecule has 0 atom stereocenters. The van der Waals surface area contributed by atoms with Gasteiger partial charge in [-0.15, -0.1) is 0 Å². The summed E-state index contributed by atoms with van der Waals surface area (Å²) in [6.45, 7) is 0. The third kappa shape index (κ3) is 2.38. The summed E-state index contributed by atoms with van der Waals surface area (Å²) in [5.41, 5.74) is 1.14. The van der Waals surface area contributed by atoms with Crippen LogP contribution in [0.5, 0.6) is 11.5 Å². The minimum atomic E-state index is -0.283. The van der Waals surface area contributed by atoms with Gasteiger partial charge in [0.2, 0.25) is 0 Å². The van der Waals surface area contributed by atoms with Crippen LogP contribution in [-0.2, 0) is 0 Å². The van der Waals surface area contributed by atoms with Gasteiger partial charge >= 0.3 is 0 Å². The Kier molecular flexibility index (Phi) is 3.42. The maximum absolute atomic E-state index is 11.9. The molecule has 0 aromatic heterocycles. The van der Waals surface area contributed by atoms with Crippen molar-refractivity contribution in [3.05, 3.63) is 48.0 Å². The molecular formula is C15H15NO3. The predicted molar refractivity (Wildman–Crippen MR) is 73.2 cm³/mol. The van der Waals surface area contributed by atoms with Crippen LogP contribution in [0, 0.1) is 0 Å². The predicted octanol–water partition coefficient (Wildman–Crippen LogP) is 2.47. The van der Waals surface area contributed by atoms with E-state index in [0.29, 0.717) is 11.1 Å². The number of phenolic OH excluding ortho intramolecular Hbond substituents is 2. The summed E-state index contributed by atoms with van der Waals surface area (Å²) < 4.78 is 0. The van der Waals surface area contributed by atoms with Crippen LogP contribution in [-0.4, -0.2) is 35.1 Å². The third-order valence-electron chi connectivity index (χ3n) is 2.87. The van der Waals surface area contributed by atoms with Crippen LogP contribution in [0.25, 0.3) is 11.1 Å². The molecule has 19 heavy (non-hydrogen) atoms. The molecule has 2 aromatic carbocycles. The number of carbonyl (C=O) groups is 1. The molecule has 4 heteroatoms. The van der Waals surface area contributed by atoms with Crippen molar-refractivity contribution in [2.75, 3.05) is 14.1 Å². The second kappa shape index (κ2) is 5.02. The molecule has 1 amide bonds. The summed E-state index contributed by atoms with van der Waals surface area (Å²) in [5.74, 6) is -0.343. The lowest BCUT2D eigenvalue weighted by molar-refractivity contribution is 0.0824. The Morgan fingerprint density at radius 2 is 1.58 bits per heavy atom. The monoisotopic (exact) mass is 257 g/mol. The number of carbonyl (C=O) groups excluding carboxylic acids is 1. The van der Waals surface area contributed by atoms with Crippen LogP contribution < -0.4 is 0 Å². The van der Waals surface area contributed by atoms with Crippen molar-refractivity contribution in [2.45, 2.75) is 0 Å². The van der Waals surface area contributed by atoms with Gasteiger partial charge in [0.1, 0.15) is 11.5 Å². The molecule has 0 saturated carbocycles. The number of amides is 1. The number of hydrogen-bond donors (Lipinski definition) is 2. The molecule has 0 saturated heterocycles. The fraction of sp³-hybridized carbons (Fsp3) is 0.133. The van der Waals surface area contributed by atoms with Crippen molar-refractivity contribution >= 4 is 5.91 Å². The van der Waals surface area contributed by atoms with E-state index in [0.717, 1.165) is 0 Å². The average molecular weight is 257 g/mol. The van der Waals surface area contributed by atoms with Crippen LogP contribution in [0.2, 0.25) is 0 Å². The van der Waals surface area contributed by atoms with Crippen molar-refractivity contribution < 1.29 is 15.0 Å². The number of benzene rings is 2. The van der Waals surface area contributed by atoms with Gasteiger partial charge in [0.25, 0.3) is 5.91 Å². The second-order valence-electron chi connectivity index (χ2n) is 4.42. The highest BCUT2D eigenvalue weighted by atomic mass is 16.3. The highest BCUT2D eigenvalue weighted by molar-refractivity contribution is 5.99. The van der Waals surface area contributed by atoms with Gasteiger partial charge in [-0.2, -0.15) is 0 Å². The van der Waals surface area contributed by atoms with Gasteiger partial charge in [0.15, 0.2) is 0 Å². The van der Waals surface area contributed by atoms with Crippen molar-refractivity contribution in [3.8, 4) is 22.6 Å². The molecule has 0 heterocycles. The molecule has 0 aliphatic rings. The number of rotatable bonds is 2. The molecule has 0 unspecified atom stereocenters. The molecule has 0 bridgehead atoms. The summed E-state index contributed by atoms with van der Waals surface area (Å²) in [6, 6.07) is 11.6. The minimum absolute atomic E-state index is 0.0623. The van der Waals surface area contributed by atoms with Crippen molar-refractivity contribution in [3.63, 3.8) is 0 Å². The van der Waals surface area contributed by atoms with E-state index < -0.39 is 0 Å². The van der Waals surface area contributed by atoms with Gasteiger partial charge in [0, 0.05) is 25.2 Å². The smallest absolute Gasteiger partial charge is 0.257 e. The SMILES string of the molecule is CN(C)C(=O)c1cccc(-c2ccccc2O)c1O. The molecule has 0 aliphatic carbocycles. The van der Waals surface area contributed by atoms with Crippen LogP contribution in [0.3, 0.4) is 0 Å². The third-order valence-corrected chi connectivity index (χ3v) is 2.87. The van der Waals surface area contributed by atoms with Gasteiger partial charge in [-0.3, -0.25) is 4.79 Å². The minimum Gasteiger partial charge on any atom is -0.507 e. The molecule has 98 valence electrons. The van der Waals surface area contributed by atoms with E-state index in [1.807, 2.05) is 0 Å². The van der Waals surface area contributed by atoms with Gasteiger partial charge in [-0.1, -0.05) is 30.3 Å². The Balaban J connectivity index is 2.59. The zero-order valence-electron chi connectivity index (χ0n) is 10.8. The van der Waals surface area contributed by atoms with Gasteiger partial charge in [-0.05, 0) is 12.1 Å². The van der Waals surface area contributed by atoms with Crippen LogP contribution in [0.1, 0.15) is 10.4 Å². The van der Waals surface area contributed by atoms with E-state index in [2.05, 4.69) is 0 Å². The molecule has 2 rings (SSSR count). The first-order valence-electron chi connectivity index (χ1n) is 5.84. The second-order valence-corrected chi connectivity index (χ2v) is 4.42. The number of phenols is 2. The first-order valence-corrected chi connectivity index (χ1v) is 5.84. The summed E-state index contributed by atoms with van der Waals surface area (Å²) >= 11 is 0. The van der Waals surface area contributed by atoms with Gasteiger partial charge < -0.3 is 15.1 Å². The summed E-state index contributed by atoms with van der Waals surface area (Å²) in [6.07, 6.45) is 0. The van der Waals surface area contributed by atoms with E-state index >= 15 is 0 Å². The van der Waals surface area contributed by atoms with Crippen molar-refractivity contribution in [2.24, 2.45) is 0 Å². The maximum Gasteiger partial charge on any atom is 0.257 e. The Labute approximate surface area is 111 Å². The molecule has 0 fully saturated rings. The van der Waals surface area contributed by atoms with Gasteiger partial charge in [0.05, 0.1) is 5.56 Å². The molecule has 2 N–H and O–H groups in total. The summed E-state index contributed by atoms with van der Waals surface area (Å²) in [7, 11) is 3.24. The lowest BCUT2D eigenvalue weighted by Gasteiger charge is -2.14. The van der Waals surface area contributed by atoms with Crippen molar-refractivity contribution in [1.82, 2.24) is 4.90 Å². The first kappa shape index (κ1) is 13.0. The van der Waals surface area contributed by atoms with E-state index in [9.17, 15) is 15.0 Å². The normalized spacial score (nSPS) is 10.2. The van der Waals surface area contributed by atoms with E-state index in [1.165, 1.54) is 11.0 Å². The zero-order valence-corrected chi connectivity index (χ0v) is 10.8. The number of aromatic hydroxyl groups is 2. The van der Waals surface area contributed by atoms with E-state index in [-0.39, 0.29) is 23.0 Å². The number of para-hydroxylation sites is 2. The maximum atomic E-state index is 11.9. The largest absolute Gasteiger partial charge is 0.507 e. The molecular weight excluding hydrogens is 242 g/mol. The number of hydrogen-bond acceptors (Lipinski definition) is 3.